The second-order valence-corrected chi connectivity index (χ2v) is 8.79. The van der Waals surface area contributed by atoms with E-state index < -0.39 is 5.60 Å². The van der Waals surface area contributed by atoms with Crippen molar-refractivity contribution >= 4 is 11.8 Å². The first-order valence-corrected chi connectivity index (χ1v) is 10.6. The van der Waals surface area contributed by atoms with E-state index in [0.29, 0.717) is 30.4 Å². The van der Waals surface area contributed by atoms with E-state index in [2.05, 4.69) is 6.07 Å². The van der Waals surface area contributed by atoms with Crippen molar-refractivity contribution in [3.8, 4) is 5.75 Å². The number of hydrogen-bond acceptors (Lipinski definition) is 4. The second-order valence-electron chi connectivity index (χ2n) is 8.79. The van der Waals surface area contributed by atoms with E-state index in [1.54, 1.807) is 0 Å². The fraction of sp³-hybridized carbons (Fsp3) is 0.652. The smallest absolute Gasteiger partial charge is 0.313 e. The highest BCUT2D eigenvalue weighted by molar-refractivity contribution is 5.98. The van der Waals surface area contributed by atoms with Crippen LogP contribution in [0.5, 0.6) is 5.75 Å². The number of hydrogen-bond donors (Lipinski definition) is 1. The van der Waals surface area contributed by atoms with Gasteiger partial charge in [-0.25, -0.2) is 0 Å². The lowest BCUT2D eigenvalue weighted by Gasteiger charge is -2.41. The molecule has 4 nitrogen and oxygen atoms in total. The summed E-state index contributed by atoms with van der Waals surface area (Å²) in [5, 5.41) is 10.3. The van der Waals surface area contributed by atoms with Crippen molar-refractivity contribution in [3.05, 3.63) is 29.3 Å². The first-order chi connectivity index (χ1) is 13.1. The van der Waals surface area contributed by atoms with Gasteiger partial charge in [-0.05, 0) is 67.6 Å². The van der Waals surface area contributed by atoms with Crippen molar-refractivity contribution in [2.75, 3.05) is 0 Å². The number of carbonyl (C=O) groups excluding carboxylic acids is 2. The molecule has 1 N–H and O–H groups in total. The summed E-state index contributed by atoms with van der Waals surface area (Å²) in [4.78, 5) is 24.2. The molecule has 2 aliphatic carbocycles. The number of aromatic hydroxyl groups is 1. The molecule has 27 heavy (non-hydrogen) atoms. The van der Waals surface area contributed by atoms with Crippen molar-refractivity contribution in [1.29, 1.82) is 0 Å². The molecule has 1 saturated heterocycles. The molecule has 1 atom stereocenters. The van der Waals surface area contributed by atoms with Crippen LogP contribution in [0.2, 0.25) is 0 Å². The van der Waals surface area contributed by atoms with Crippen LogP contribution in [0.3, 0.4) is 0 Å². The van der Waals surface area contributed by atoms with E-state index in [-0.39, 0.29) is 18.2 Å². The van der Waals surface area contributed by atoms with Gasteiger partial charge in [-0.15, -0.1) is 0 Å². The molecule has 1 aliphatic heterocycles. The molecule has 2 saturated carbocycles. The van der Waals surface area contributed by atoms with Crippen LogP contribution in [-0.2, 0) is 20.7 Å². The van der Waals surface area contributed by atoms with Crippen molar-refractivity contribution in [1.82, 2.24) is 0 Å². The van der Waals surface area contributed by atoms with Crippen LogP contribution in [0.1, 0.15) is 87.7 Å². The Morgan fingerprint density at radius 1 is 1.04 bits per heavy atom. The van der Waals surface area contributed by atoms with Crippen LogP contribution in [0.25, 0.3) is 0 Å². The van der Waals surface area contributed by atoms with E-state index >= 15 is 0 Å². The van der Waals surface area contributed by atoms with Gasteiger partial charge in [-0.2, -0.15) is 0 Å². The zero-order valence-electron chi connectivity index (χ0n) is 16.0. The molecule has 3 aliphatic rings. The largest absolute Gasteiger partial charge is 0.508 e. The van der Waals surface area contributed by atoms with Gasteiger partial charge >= 0.3 is 5.97 Å². The maximum absolute atomic E-state index is 12.2. The first-order valence-electron chi connectivity index (χ1n) is 10.6. The molecule has 0 amide bonds. The number of ketones is 1. The fourth-order valence-electron chi connectivity index (χ4n) is 5.56. The summed E-state index contributed by atoms with van der Waals surface area (Å²) in [5.74, 6) is 0.835. The molecule has 4 rings (SSSR count). The summed E-state index contributed by atoms with van der Waals surface area (Å²) < 4.78 is 5.89. The van der Waals surface area contributed by atoms with E-state index in [1.165, 1.54) is 18.4 Å². The van der Waals surface area contributed by atoms with Gasteiger partial charge in [0.05, 0.1) is 0 Å². The lowest BCUT2D eigenvalue weighted by molar-refractivity contribution is -0.178. The Balaban J connectivity index is 1.53. The van der Waals surface area contributed by atoms with Gasteiger partial charge in [-0.3, -0.25) is 9.59 Å². The minimum atomic E-state index is -0.617. The molecule has 0 radical (unpaired) electrons. The molecule has 3 fully saturated rings. The second kappa shape index (κ2) is 7.65. The molecule has 0 aromatic heterocycles. The highest BCUT2D eigenvalue weighted by Gasteiger charge is 2.47. The molecule has 1 aromatic rings. The topological polar surface area (TPSA) is 63.6 Å². The van der Waals surface area contributed by atoms with Gasteiger partial charge in [0.25, 0.3) is 0 Å². The zero-order valence-corrected chi connectivity index (χ0v) is 16.0. The highest BCUT2D eigenvalue weighted by Crippen LogP contribution is 2.44. The Morgan fingerprint density at radius 3 is 2.44 bits per heavy atom. The summed E-state index contributed by atoms with van der Waals surface area (Å²) in [6, 6.07) is 5.92. The number of aryl methyl sites for hydroxylation is 1. The van der Waals surface area contributed by atoms with E-state index in [1.807, 2.05) is 12.1 Å². The number of rotatable bonds is 5. The number of phenols is 1. The van der Waals surface area contributed by atoms with Crippen LogP contribution >= 0.6 is 0 Å². The van der Waals surface area contributed by atoms with Gasteiger partial charge in [0.1, 0.15) is 23.6 Å². The Labute approximate surface area is 161 Å². The van der Waals surface area contributed by atoms with Gasteiger partial charge in [0.15, 0.2) is 0 Å². The molecule has 0 spiro atoms. The zero-order chi connectivity index (χ0) is 18.9. The Bertz CT molecular complexity index is 695. The normalized spacial score (nSPS) is 27.3. The summed E-state index contributed by atoms with van der Waals surface area (Å²) in [6.07, 6.45) is 10.9. The summed E-state index contributed by atoms with van der Waals surface area (Å²) in [7, 11) is 0. The lowest BCUT2D eigenvalue weighted by atomic mass is 9.76. The van der Waals surface area contributed by atoms with Crippen molar-refractivity contribution < 1.29 is 19.4 Å². The molecule has 4 heteroatoms. The molecule has 1 unspecified atom stereocenters. The Hall–Kier alpha value is -1.84. The van der Waals surface area contributed by atoms with E-state index in [4.69, 9.17) is 4.74 Å². The quantitative estimate of drug-likeness (QED) is 0.596. The van der Waals surface area contributed by atoms with Gasteiger partial charge in [0.2, 0.25) is 0 Å². The van der Waals surface area contributed by atoms with E-state index in [9.17, 15) is 14.7 Å². The van der Waals surface area contributed by atoms with Crippen molar-refractivity contribution in [2.24, 2.45) is 5.92 Å². The van der Waals surface area contributed by atoms with Crippen LogP contribution in [0.15, 0.2) is 18.2 Å². The van der Waals surface area contributed by atoms with Crippen LogP contribution in [0, 0.1) is 5.92 Å². The minimum absolute atomic E-state index is 0.0236. The third-order valence-corrected chi connectivity index (χ3v) is 6.98. The van der Waals surface area contributed by atoms with Crippen molar-refractivity contribution in [2.45, 2.75) is 88.6 Å². The number of carbonyl (C=O) groups is 2. The predicted molar refractivity (Wildman–Crippen MR) is 103 cm³/mol. The summed E-state index contributed by atoms with van der Waals surface area (Å²) >= 11 is 0. The highest BCUT2D eigenvalue weighted by atomic mass is 16.6. The lowest BCUT2D eigenvalue weighted by Crippen LogP contribution is -2.48. The van der Waals surface area contributed by atoms with Crippen LogP contribution in [0.4, 0.5) is 0 Å². The standard InChI is InChI=1S/C23H30O4/c24-19-14-22(26)27-23(15-19,18-7-3-4-8-18)12-11-16-9-10-21(25)20(13-16)17-5-1-2-6-17/h9-10,13,17-18,25H,1-8,11-12,14-15H2. The molecule has 0 bridgehead atoms. The van der Waals surface area contributed by atoms with E-state index in [0.717, 1.165) is 50.5 Å². The average molecular weight is 370 g/mol. The SMILES string of the molecule is O=C1CC(=O)OC(CCc2ccc(O)c(C3CCCC3)c2)(C2CCCC2)C1. The van der Waals surface area contributed by atoms with Gasteiger partial charge < -0.3 is 9.84 Å². The van der Waals surface area contributed by atoms with Crippen molar-refractivity contribution in [3.63, 3.8) is 0 Å². The molecule has 1 aromatic carbocycles. The number of cyclic esters (lactones) is 1. The average Bonchev–Trinajstić information content (AvgIpc) is 3.34. The van der Waals surface area contributed by atoms with Crippen LogP contribution in [-0.4, -0.2) is 22.5 Å². The molecule has 1 heterocycles. The fourth-order valence-corrected chi connectivity index (χ4v) is 5.56. The maximum atomic E-state index is 12.2. The number of esters is 1. The summed E-state index contributed by atoms with van der Waals surface area (Å²) in [5.41, 5.74) is 1.62. The first kappa shape index (κ1) is 18.5. The number of Topliss-reactive ketones (excluding diaryl/α,β-unsaturated/α-hetero) is 1. The monoisotopic (exact) mass is 370 g/mol. The predicted octanol–water partition coefficient (Wildman–Crippen LogP) is 4.82. The van der Waals surface area contributed by atoms with Crippen LogP contribution < -0.4 is 0 Å². The Kier molecular flexibility index (Phi) is 5.25. The third-order valence-electron chi connectivity index (χ3n) is 6.98. The summed E-state index contributed by atoms with van der Waals surface area (Å²) in [6.45, 7) is 0. The molecular weight excluding hydrogens is 340 g/mol. The number of phenolic OH excluding ortho intramolecular Hbond substituents is 1. The number of ether oxygens (including phenoxy) is 1. The molecular formula is C23H30O4. The molecule has 146 valence electrons. The van der Waals surface area contributed by atoms with Gasteiger partial charge in [0, 0.05) is 6.42 Å². The number of benzene rings is 1. The minimum Gasteiger partial charge on any atom is -0.508 e. The third kappa shape index (κ3) is 3.90. The van der Waals surface area contributed by atoms with Gasteiger partial charge in [-0.1, -0.05) is 37.8 Å². The maximum Gasteiger partial charge on any atom is 0.313 e. The Morgan fingerprint density at radius 2 is 1.74 bits per heavy atom.